The number of nitrogens with zero attached hydrogens (tertiary/aromatic N) is 1. The second-order valence-electron chi connectivity index (χ2n) is 10.6. The smallest absolute Gasteiger partial charge is 0.136 e. The van der Waals surface area contributed by atoms with Crippen LogP contribution in [0.25, 0.3) is 0 Å². The first-order valence-electron chi connectivity index (χ1n) is 11.6. The van der Waals surface area contributed by atoms with Crippen molar-refractivity contribution in [3.63, 3.8) is 0 Å². The fourth-order valence-corrected chi connectivity index (χ4v) is 7.46. The Labute approximate surface area is 175 Å². The number of aliphatic hydroxyl groups excluding tert-OH is 1. The molecule has 5 rings (SSSR count). The average molecular weight is 394 g/mol. The summed E-state index contributed by atoms with van der Waals surface area (Å²) in [6, 6.07) is 9.06. The summed E-state index contributed by atoms with van der Waals surface area (Å²) < 4.78 is 0. The lowest BCUT2D eigenvalue weighted by molar-refractivity contribution is -0.120. The Hall–Kier alpha value is -1.61. The summed E-state index contributed by atoms with van der Waals surface area (Å²) in [5.74, 6) is 3.25. The monoisotopic (exact) mass is 393 g/mol. The summed E-state index contributed by atoms with van der Waals surface area (Å²) in [5.41, 5.74) is 4.11. The molecule has 0 aliphatic heterocycles. The molecule has 3 heteroatoms. The van der Waals surface area contributed by atoms with Gasteiger partial charge in [0.2, 0.25) is 0 Å². The largest absolute Gasteiger partial charge is 0.393 e. The maximum atomic E-state index is 12.2. The van der Waals surface area contributed by atoms with Gasteiger partial charge in [-0.25, -0.2) is 0 Å². The molecule has 1 N–H and O–H groups in total. The highest BCUT2D eigenvalue weighted by molar-refractivity contribution is 5.82. The van der Waals surface area contributed by atoms with Crippen LogP contribution in [0.15, 0.2) is 35.9 Å². The van der Waals surface area contributed by atoms with E-state index in [2.05, 4.69) is 56.3 Å². The lowest BCUT2D eigenvalue weighted by Gasteiger charge is -2.55. The highest BCUT2D eigenvalue weighted by Crippen LogP contribution is 2.64. The molecule has 0 aromatic heterocycles. The van der Waals surface area contributed by atoms with Gasteiger partial charge in [-0.3, -0.25) is 4.79 Å². The van der Waals surface area contributed by atoms with Crippen LogP contribution in [0.4, 0.5) is 5.69 Å². The first-order chi connectivity index (χ1) is 13.9. The van der Waals surface area contributed by atoms with Gasteiger partial charge in [0.25, 0.3) is 0 Å². The van der Waals surface area contributed by atoms with Crippen LogP contribution in [-0.4, -0.2) is 31.1 Å². The van der Waals surface area contributed by atoms with Crippen molar-refractivity contribution in [1.29, 1.82) is 0 Å². The lowest BCUT2D eigenvalue weighted by atomic mass is 9.49. The van der Waals surface area contributed by atoms with Gasteiger partial charge in [-0.05, 0) is 78.9 Å². The normalized spacial score (nSPS) is 41.2. The second kappa shape index (κ2) is 6.97. The third-order valence-corrected chi connectivity index (χ3v) is 9.07. The van der Waals surface area contributed by atoms with E-state index in [4.69, 9.17) is 0 Å². The Morgan fingerprint density at radius 2 is 1.83 bits per heavy atom. The van der Waals surface area contributed by atoms with Crippen molar-refractivity contribution >= 4 is 11.5 Å². The van der Waals surface area contributed by atoms with Crippen molar-refractivity contribution in [1.82, 2.24) is 0 Å². The molecule has 4 aliphatic rings. The van der Waals surface area contributed by atoms with E-state index in [-0.39, 0.29) is 11.5 Å². The van der Waals surface area contributed by atoms with Crippen molar-refractivity contribution < 1.29 is 9.90 Å². The molecule has 1 aromatic rings. The van der Waals surface area contributed by atoms with Crippen LogP contribution in [0.3, 0.4) is 0 Å². The number of Topliss-reactive ketones (excluding diaryl/α,β-unsaturated/α-hetero) is 1. The quantitative estimate of drug-likeness (QED) is 0.723. The Kier molecular flexibility index (Phi) is 4.66. The molecule has 1 aromatic carbocycles. The minimum absolute atomic E-state index is 0.0683. The van der Waals surface area contributed by atoms with Crippen molar-refractivity contribution in [2.24, 2.45) is 29.1 Å². The molecule has 0 unspecified atom stereocenters. The van der Waals surface area contributed by atoms with Crippen LogP contribution in [0.5, 0.6) is 0 Å². The molecule has 0 radical (unpaired) electrons. The first-order valence-corrected chi connectivity index (χ1v) is 11.6. The number of fused-ring (bicyclic) bond motifs is 5. The number of rotatable bonds is 2. The van der Waals surface area contributed by atoms with E-state index in [9.17, 15) is 9.90 Å². The Bertz CT molecular complexity index is 826. The molecule has 3 fully saturated rings. The van der Waals surface area contributed by atoms with Gasteiger partial charge in [0, 0.05) is 38.5 Å². The molecule has 0 heterocycles. The van der Waals surface area contributed by atoms with Crippen LogP contribution in [0.2, 0.25) is 0 Å². The van der Waals surface area contributed by atoms with Crippen LogP contribution in [-0.2, 0) is 4.79 Å². The lowest BCUT2D eigenvalue weighted by Crippen LogP contribution is -2.49. The van der Waals surface area contributed by atoms with Crippen molar-refractivity contribution in [2.45, 2.75) is 63.9 Å². The highest BCUT2D eigenvalue weighted by Gasteiger charge is 2.57. The number of benzene rings is 1. The Morgan fingerprint density at radius 1 is 1.07 bits per heavy atom. The van der Waals surface area contributed by atoms with Gasteiger partial charge in [-0.2, -0.15) is 0 Å². The Morgan fingerprint density at radius 3 is 2.55 bits per heavy atom. The molecule has 3 saturated carbocycles. The minimum atomic E-state index is -0.150. The number of hydrogen-bond donors (Lipinski definition) is 1. The topological polar surface area (TPSA) is 40.5 Å². The minimum Gasteiger partial charge on any atom is -0.393 e. The number of carbonyl (C=O) groups is 1. The first kappa shape index (κ1) is 19.4. The maximum Gasteiger partial charge on any atom is 0.136 e. The molecule has 0 spiro atoms. The van der Waals surface area contributed by atoms with Crippen molar-refractivity contribution in [3.05, 3.63) is 41.5 Å². The zero-order valence-corrected chi connectivity index (χ0v) is 18.1. The van der Waals surface area contributed by atoms with E-state index >= 15 is 0 Å². The van der Waals surface area contributed by atoms with E-state index in [1.807, 2.05) is 0 Å². The highest BCUT2D eigenvalue weighted by atomic mass is 16.3. The number of anilines is 1. The van der Waals surface area contributed by atoms with E-state index in [0.717, 1.165) is 32.1 Å². The number of carbonyl (C=O) groups excluding carboxylic acids is 1. The summed E-state index contributed by atoms with van der Waals surface area (Å²) in [7, 11) is 4.16. The van der Waals surface area contributed by atoms with Gasteiger partial charge < -0.3 is 10.0 Å². The number of ketones is 1. The van der Waals surface area contributed by atoms with E-state index in [1.165, 1.54) is 23.2 Å². The van der Waals surface area contributed by atoms with Gasteiger partial charge in [0.1, 0.15) is 5.78 Å². The summed E-state index contributed by atoms with van der Waals surface area (Å²) in [6.07, 6.45) is 9.28. The third kappa shape index (κ3) is 3.00. The van der Waals surface area contributed by atoms with Crippen LogP contribution >= 0.6 is 0 Å². The molecule has 0 bridgehead atoms. The van der Waals surface area contributed by atoms with Gasteiger partial charge in [0.05, 0.1) is 6.10 Å². The van der Waals surface area contributed by atoms with Gasteiger partial charge in [-0.15, -0.1) is 0 Å². The summed E-state index contributed by atoms with van der Waals surface area (Å²) in [6.45, 7) is 2.35. The van der Waals surface area contributed by atoms with E-state index < -0.39 is 0 Å². The number of allylic oxidation sites excluding steroid dienone is 2. The molecule has 3 nitrogen and oxygen atoms in total. The van der Waals surface area contributed by atoms with Gasteiger partial charge in [-0.1, -0.05) is 30.7 Å². The zero-order valence-electron chi connectivity index (χ0n) is 18.1. The second-order valence-corrected chi connectivity index (χ2v) is 10.6. The molecular formula is C26H35NO2. The van der Waals surface area contributed by atoms with E-state index in [0.29, 0.717) is 41.8 Å². The fourth-order valence-electron chi connectivity index (χ4n) is 7.46. The zero-order chi connectivity index (χ0) is 20.3. The molecule has 156 valence electrons. The molecular weight excluding hydrogens is 358 g/mol. The summed E-state index contributed by atoms with van der Waals surface area (Å²) >= 11 is 0. The molecule has 4 aliphatic carbocycles. The van der Waals surface area contributed by atoms with Crippen LogP contribution in [0, 0.1) is 29.1 Å². The molecule has 7 atom stereocenters. The fraction of sp³-hybridized carbons (Fsp3) is 0.654. The average Bonchev–Trinajstić information content (AvgIpc) is 3.02. The SMILES string of the molecule is CN(C)c1ccc([C@@H]2C=C3CC(=O)CC[C@@H]3[C@H]3CC[C@]4(C)[C@@H](O)CC[C@H]4[C@@H]32)cc1. The third-order valence-electron chi connectivity index (χ3n) is 9.07. The van der Waals surface area contributed by atoms with Crippen LogP contribution < -0.4 is 4.90 Å². The van der Waals surface area contributed by atoms with Gasteiger partial charge >= 0.3 is 0 Å². The predicted molar refractivity (Wildman–Crippen MR) is 117 cm³/mol. The number of aliphatic hydroxyl groups is 1. The predicted octanol–water partition coefficient (Wildman–Crippen LogP) is 4.95. The van der Waals surface area contributed by atoms with Crippen molar-refractivity contribution in [3.8, 4) is 0 Å². The maximum absolute atomic E-state index is 12.2. The standard InChI is InChI=1S/C26H35NO2/c1-26-13-12-21-20-9-8-19(28)14-17(20)15-22(25(21)23(26)10-11-24(26)29)16-4-6-18(7-5-16)27(2)3/h4-7,15,20-25,29H,8-14H2,1-3H3/t20-,21+,22-,23-,24-,25-,26-/m0/s1. The number of hydrogen-bond acceptors (Lipinski definition) is 3. The molecule has 0 saturated heterocycles. The molecule has 29 heavy (non-hydrogen) atoms. The van der Waals surface area contributed by atoms with E-state index in [1.54, 1.807) is 0 Å². The van der Waals surface area contributed by atoms with Gasteiger partial charge in [0.15, 0.2) is 0 Å². The molecule has 0 amide bonds. The van der Waals surface area contributed by atoms with Crippen LogP contribution in [0.1, 0.15) is 63.4 Å². The summed E-state index contributed by atoms with van der Waals surface area (Å²) in [5, 5.41) is 10.8. The summed E-state index contributed by atoms with van der Waals surface area (Å²) in [4.78, 5) is 14.4. The van der Waals surface area contributed by atoms with Crippen molar-refractivity contribution in [2.75, 3.05) is 19.0 Å². The Balaban J connectivity index is 1.58.